The maximum Gasteiger partial charge on any atom is 0.326 e. The SMILES string of the molecule is CC(C)(C)OC(=O)CN1C(=O)S/C(=C\c2ccc3c(c2)OCO3)C1=O. The molecule has 1 aromatic carbocycles. The number of esters is 1. The summed E-state index contributed by atoms with van der Waals surface area (Å²) in [5.41, 5.74) is 0.0216. The molecular formula is C17H17NO6S. The zero-order valence-corrected chi connectivity index (χ0v) is 14.8. The van der Waals surface area contributed by atoms with Gasteiger partial charge in [-0.2, -0.15) is 0 Å². The molecule has 2 amide bonds. The van der Waals surface area contributed by atoms with E-state index in [1.165, 1.54) is 0 Å². The predicted octanol–water partition coefficient (Wildman–Crippen LogP) is 2.79. The van der Waals surface area contributed by atoms with Crippen LogP contribution in [0.3, 0.4) is 0 Å². The van der Waals surface area contributed by atoms with E-state index >= 15 is 0 Å². The lowest BCUT2D eigenvalue weighted by molar-refractivity contribution is -0.156. The van der Waals surface area contributed by atoms with Crippen LogP contribution in [0.1, 0.15) is 26.3 Å². The fraction of sp³-hybridized carbons (Fsp3) is 0.353. The first-order valence-electron chi connectivity index (χ1n) is 7.60. The summed E-state index contributed by atoms with van der Waals surface area (Å²) >= 11 is 0.789. The molecule has 0 radical (unpaired) electrons. The Bertz CT molecular complexity index is 780. The molecule has 0 N–H and O–H groups in total. The highest BCUT2D eigenvalue weighted by Crippen LogP contribution is 2.36. The number of nitrogens with zero attached hydrogens (tertiary/aromatic N) is 1. The van der Waals surface area contributed by atoms with Gasteiger partial charge in [0.15, 0.2) is 11.5 Å². The molecule has 0 spiro atoms. The van der Waals surface area contributed by atoms with E-state index in [1.807, 2.05) is 0 Å². The molecule has 1 saturated heterocycles. The number of carbonyl (C=O) groups is 3. The predicted molar refractivity (Wildman–Crippen MR) is 91.1 cm³/mol. The van der Waals surface area contributed by atoms with Gasteiger partial charge >= 0.3 is 5.97 Å². The molecule has 0 aliphatic carbocycles. The van der Waals surface area contributed by atoms with E-state index < -0.39 is 29.3 Å². The Morgan fingerprint density at radius 1 is 1.28 bits per heavy atom. The molecule has 3 rings (SSSR count). The molecule has 2 heterocycles. The lowest BCUT2D eigenvalue weighted by atomic mass is 10.2. The molecule has 8 heteroatoms. The number of amides is 2. The van der Waals surface area contributed by atoms with Crippen LogP contribution in [0, 0.1) is 0 Å². The van der Waals surface area contributed by atoms with Gasteiger partial charge in [-0.25, -0.2) is 0 Å². The van der Waals surface area contributed by atoms with Crippen LogP contribution in [0.5, 0.6) is 11.5 Å². The first-order valence-corrected chi connectivity index (χ1v) is 8.41. The van der Waals surface area contributed by atoms with E-state index in [0.29, 0.717) is 17.1 Å². The van der Waals surface area contributed by atoms with Crippen molar-refractivity contribution in [3.05, 3.63) is 28.7 Å². The van der Waals surface area contributed by atoms with Gasteiger partial charge in [-0.15, -0.1) is 0 Å². The standard InChI is InChI=1S/C17H17NO6S/c1-17(2,3)24-14(19)8-18-15(20)13(25-16(18)21)7-10-4-5-11-12(6-10)23-9-22-11/h4-7H,8-9H2,1-3H3/b13-7-. The third-order valence-electron chi connectivity index (χ3n) is 3.28. The van der Waals surface area contributed by atoms with Crippen molar-refractivity contribution in [2.24, 2.45) is 0 Å². The number of hydrogen-bond donors (Lipinski definition) is 0. The quantitative estimate of drug-likeness (QED) is 0.603. The van der Waals surface area contributed by atoms with Crippen molar-refractivity contribution in [2.75, 3.05) is 13.3 Å². The third kappa shape index (κ3) is 3.96. The Balaban J connectivity index is 1.73. The number of fused-ring (bicyclic) bond motifs is 1. The Hall–Kier alpha value is -2.48. The van der Waals surface area contributed by atoms with Crippen molar-refractivity contribution >= 4 is 35.0 Å². The molecule has 132 valence electrons. The number of benzene rings is 1. The molecule has 7 nitrogen and oxygen atoms in total. The second-order valence-electron chi connectivity index (χ2n) is 6.47. The molecule has 25 heavy (non-hydrogen) atoms. The maximum atomic E-state index is 12.4. The van der Waals surface area contributed by atoms with Crippen LogP contribution in [0.4, 0.5) is 4.79 Å². The highest BCUT2D eigenvalue weighted by Gasteiger charge is 2.37. The summed E-state index contributed by atoms with van der Waals surface area (Å²) in [6.07, 6.45) is 1.59. The minimum Gasteiger partial charge on any atom is -0.459 e. The number of hydrogen-bond acceptors (Lipinski definition) is 7. The molecule has 2 aliphatic heterocycles. The molecule has 1 fully saturated rings. The number of imide groups is 1. The highest BCUT2D eigenvalue weighted by atomic mass is 32.2. The molecule has 0 unspecified atom stereocenters. The zero-order valence-electron chi connectivity index (χ0n) is 14.0. The van der Waals surface area contributed by atoms with Crippen molar-refractivity contribution in [1.82, 2.24) is 4.90 Å². The van der Waals surface area contributed by atoms with Gasteiger partial charge in [-0.3, -0.25) is 19.3 Å². The average molecular weight is 363 g/mol. The van der Waals surface area contributed by atoms with E-state index in [4.69, 9.17) is 14.2 Å². The van der Waals surface area contributed by atoms with Crippen LogP contribution in [0.15, 0.2) is 23.1 Å². The van der Waals surface area contributed by atoms with E-state index in [0.717, 1.165) is 16.7 Å². The zero-order chi connectivity index (χ0) is 18.2. The van der Waals surface area contributed by atoms with E-state index in [9.17, 15) is 14.4 Å². The Morgan fingerprint density at radius 3 is 2.72 bits per heavy atom. The first kappa shape index (κ1) is 17.3. The topological polar surface area (TPSA) is 82.1 Å². The van der Waals surface area contributed by atoms with Crippen LogP contribution in [0.25, 0.3) is 6.08 Å². The summed E-state index contributed by atoms with van der Waals surface area (Å²) < 4.78 is 15.7. The fourth-order valence-electron chi connectivity index (χ4n) is 2.29. The summed E-state index contributed by atoms with van der Waals surface area (Å²) in [5.74, 6) is 0.0783. The highest BCUT2D eigenvalue weighted by molar-refractivity contribution is 8.18. The summed E-state index contributed by atoms with van der Waals surface area (Å²) in [5, 5.41) is -0.497. The molecular weight excluding hydrogens is 346 g/mol. The Morgan fingerprint density at radius 2 is 2.00 bits per heavy atom. The van der Waals surface area contributed by atoms with Gasteiger partial charge in [-0.1, -0.05) is 6.07 Å². The summed E-state index contributed by atoms with van der Waals surface area (Å²) in [4.78, 5) is 37.5. The van der Waals surface area contributed by atoms with Crippen LogP contribution < -0.4 is 9.47 Å². The largest absolute Gasteiger partial charge is 0.459 e. The lowest BCUT2D eigenvalue weighted by Crippen LogP contribution is -2.37. The minimum absolute atomic E-state index is 0.158. The van der Waals surface area contributed by atoms with Gasteiger partial charge in [0.25, 0.3) is 11.1 Å². The second kappa shape index (κ2) is 6.44. The molecule has 1 aromatic rings. The van der Waals surface area contributed by atoms with Gasteiger partial charge in [0.2, 0.25) is 6.79 Å². The summed E-state index contributed by atoms with van der Waals surface area (Å²) in [6.45, 7) is 4.92. The maximum absolute atomic E-state index is 12.4. The second-order valence-corrected chi connectivity index (χ2v) is 7.46. The lowest BCUT2D eigenvalue weighted by Gasteiger charge is -2.21. The van der Waals surface area contributed by atoms with E-state index in [1.54, 1.807) is 45.0 Å². The number of rotatable bonds is 3. The van der Waals surface area contributed by atoms with Crippen LogP contribution >= 0.6 is 11.8 Å². The van der Waals surface area contributed by atoms with Crippen LogP contribution in [0.2, 0.25) is 0 Å². The van der Waals surface area contributed by atoms with Gasteiger partial charge in [0.05, 0.1) is 4.91 Å². The number of ether oxygens (including phenoxy) is 3. The first-order chi connectivity index (χ1) is 11.7. The van der Waals surface area contributed by atoms with Crippen molar-refractivity contribution in [1.29, 1.82) is 0 Å². The number of carbonyl (C=O) groups excluding carboxylic acids is 3. The number of thioether (sulfide) groups is 1. The average Bonchev–Trinajstić information content (AvgIpc) is 3.05. The molecule has 0 atom stereocenters. The van der Waals surface area contributed by atoms with Crippen molar-refractivity contribution < 1.29 is 28.6 Å². The van der Waals surface area contributed by atoms with Gasteiger partial charge < -0.3 is 14.2 Å². The smallest absolute Gasteiger partial charge is 0.326 e. The molecule has 0 bridgehead atoms. The van der Waals surface area contributed by atoms with E-state index in [-0.39, 0.29) is 11.7 Å². The van der Waals surface area contributed by atoms with Crippen molar-refractivity contribution in [2.45, 2.75) is 26.4 Å². The summed E-state index contributed by atoms with van der Waals surface area (Å²) in [7, 11) is 0. The van der Waals surface area contributed by atoms with Gasteiger partial charge in [0.1, 0.15) is 12.1 Å². The minimum atomic E-state index is -0.679. The normalized spacial score (nSPS) is 18.2. The van der Waals surface area contributed by atoms with Crippen LogP contribution in [-0.2, 0) is 14.3 Å². The fourth-order valence-corrected chi connectivity index (χ4v) is 3.13. The molecule has 0 saturated carbocycles. The Kier molecular flexibility index (Phi) is 4.47. The molecule has 0 aromatic heterocycles. The monoisotopic (exact) mass is 363 g/mol. The van der Waals surface area contributed by atoms with Crippen molar-refractivity contribution in [3.8, 4) is 11.5 Å². The van der Waals surface area contributed by atoms with E-state index in [2.05, 4.69) is 0 Å². The van der Waals surface area contributed by atoms with Crippen LogP contribution in [-0.4, -0.2) is 41.0 Å². The Labute approximate surface area is 148 Å². The van der Waals surface area contributed by atoms with Gasteiger partial charge in [0, 0.05) is 0 Å². The van der Waals surface area contributed by atoms with Crippen molar-refractivity contribution in [3.63, 3.8) is 0 Å². The molecule has 2 aliphatic rings. The van der Waals surface area contributed by atoms with Gasteiger partial charge in [-0.05, 0) is 56.3 Å². The summed E-state index contributed by atoms with van der Waals surface area (Å²) in [6, 6.07) is 5.22. The third-order valence-corrected chi connectivity index (χ3v) is 4.18.